The molecule has 0 N–H and O–H groups in total. The van der Waals surface area contributed by atoms with E-state index in [2.05, 4.69) is 0 Å². The standard InChI is InChI=1S/C12H13F2N3O3/c1-8(18)15-2-4-16(5-3-15)11-6-10(14)12(17(19)20)7-9(11)13/h6-7H,2-5H2,1H3. The van der Waals surface area contributed by atoms with Crippen molar-refractivity contribution in [1.82, 2.24) is 4.90 Å². The van der Waals surface area contributed by atoms with Crippen molar-refractivity contribution in [3.63, 3.8) is 0 Å². The molecule has 1 aliphatic heterocycles. The van der Waals surface area contributed by atoms with Gasteiger partial charge in [-0.2, -0.15) is 4.39 Å². The summed E-state index contributed by atoms with van der Waals surface area (Å²) >= 11 is 0. The Morgan fingerprint density at radius 1 is 1.20 bits per heavy atom. The number of piperazine rings is 1. The maximum Gasteiger partial charge on any atom is 0.307 e. The summed E-state index contributed by atoms with van der Waals surface area (Å²) < 4.78 is 27.4. The van der Waals surface area contributed by atoms with E-state index >= 15 is 0 Å². The van der Waals surface area contributed by atoms with Gasteiger partial charge in [-0.15, -0.1) is 0 Å². The zero-order chi connectivity index (χ0) is 14.9. The van der Waals surface area contributed by atoms with Gasteiger partial charge in [0.2, 0.25) is 11.7 Å². The van der Waals surface area contributed by atoms with Gasteiger partial charge in [-0.3, -0.25) is 14.9 Å². The minimum Gasteiger partial charge on any atom is -0.366 e. The van der Waals surface area contributed by atoms with Crippen molar-refractivity contribution in [3.8, 4) is 0 Å². The second-order valence-corrected chi connectivity index (χ2v) is 4.51. The van der Waals surface area contributed by atoms with Crippen LogP contribution in [0.15, 0.2) is 12.1 Å². The Labute approximate surface area is 113 Å². The molecule has 0 saturated carbocycles. The molecule has 1 aromatic carbocycles. The minimum absolute atomic E-state index is 0.0173. The fourth-order valence-electron chi connectivity index (χ4n) is 2.17. The summed E-state index contributed by atoms with van der Waals surface area (Å²) in [5.74, 6) is -1.98. The summed E-state index contributed by atoms with van der Waals surface area (Å²) in [6, 6.07) is 1.42. The van der Waals surface area contributed by atoms with Crippen molar-refractivity contribution in [1.29, 1.82) is 0 Å². The maximum atomic E-state index is 13.8. The molecule has 0 bridgehead atoms. The average Bonchev–Trinajstić information content (AvgIpc) is 2.40. The average molecular weight is 285 g/mol. The molecule has 20 heavy (non-hydrogen) atoms. The van der Waals surface area contributed by atoms with Crippen molar-refractivity contribution in [3.05, 3.63) is 33.9 Å². The van der Waals surface area contributed by atoms with E-state index in [1.54, 1.807) is 9.80 Å². The largest absolute Gasteiger partial charge is 0.366 e. The van der Waals surface area contributed by atoms with Crippen LogP contribution in [0, 0.1) is 21.7 Å². The Morgan fingerprint density at radius 3 is 2.30 bits per heavy atom. The highest BCUT2D eigenvalue weighted by Gasteiger charge is 2.24. The predicted molar refractivity (Wildman–Crippen MR) is 67.5 cm³/mol. The summed E-state index contributed by atoms with van der Waals surface area (Å²) in [5.41, 5.74) is -0.898. The SMILES string of the molecule is CC(=O)N1CCN(c2cc(F)c([N+](=O)[O-])cc2F)CC1. The number of nitrogens with zero attached hydrogens (tertiary/aromatic N) is 3. The molecule has 1 saturated heterocycles. The number of carbonyl (C=O) groups is 1. The third-order valence-corrected chi connectivity index (χ3v) is 3.28. The van der Waals surface area contributed by atoms with Crippen molar-refractivity contribution in [2.24, 2.45) is 0 Å². The van der Waals surface area contributed by atoms with E-state index in [1.807, 2.05) is 0 Å². The lowest BCUT2D eigenvalue weighted by Crippen LogP contribution is -2.48. The first-order valence-corrected chi connectivity index (χ1v) is 6.04. The van der Waals surface area contributed by atoms with E-state index in [-0.39, 0.29) is 11.6 Å². The lowest BCUT2D eigenvalue weighted by Gasteiger charge is -2.35. The molecule has 0 aromatic heterocycles. The number of hydrogen-bond donors (Lipinski definition) is 0. The van der Waals surface area contributed by atoms with Gasteiger partial charge in [0.1, 0.15) is 0 Å². The van der Waals surface area contributed by atoms with Gasteiger partial charge < -0.3 is 9.80 Å². The third-order valence-electron chi connectivity index (χ3n) is 3.28. The number of halogens is 2. The van der Waals surface area contributed by atoms with Crippen LogP contribution in [0.1, 0.15) is 6.92 Å². The fraction of sp³-hybridized carbons (Fsp3) is 0.417. The summed E-state index contributed by atoms with van der Waals surface area (Å²) in [5, 5.41) is 10.5. The molecule has 0 radical (unpaired) electrons. The summed E-state index contributed by atoms with van der Waals surface area (Å²) in [4.78, 5) is 23.9. The zero-order valence-corrected chi connectivity index (χ0v) is 10.8. The highest BCUT2D eigenvalue weighted by atomic mass is 19.1. The molecule has 1 aliphatic rings. The quantitative estimate of drug-likeness (QED) is 0.610. The number of rotatable bonds is 2. The highest BCUT2D eigenvalue weighted by Crippen LogP contribution is 2.28. The van der Waals surface area contributed by atoms with Crippen LogP contribution in [-0.4, -0.2) is 41.9 Å². The molecule has 2 rings (SSSR count). The number of amides is 1. The highest BCUT2D eigenvalue weighted by molar-refractivity contribution is 5.73. The van der Waals surface area contributed by atoms with Gasteiger partial charge in [-0.05, 0) is 0 Å². The van der Waals surface area contributed by atoms with Crippen LogP contribution in [-0.2, 0) is 4.79 Å². The molecule has 1 fully saturated rings. The summed E-state index contributed by atoms with van der Waals surface area (Å²) in [7, 11) is 0. The second kappa shape index (κ2) is 5.40. The second-order valence-electron chi connectivity index (χ2n) is 4.51. The van der Waals surface area contributed by atoms with Gasteiger partial charge in [0.05, 0.1) is 16.7 Å². The lowest BCUT2D eigenvalue weighted by atomic mass is 10.2. The molecular weight excluding hydrogens is 272 g/mol. The molecule has 8 heteroatoms. The molecule has 0 aliphatic carbocycles. The molecule has 0 spiro atoms. The topological polar surface area (TPSA) is 66.7 Å². The number of nitro groups is 1. The van der Waals surface area contributed by atoms with E-state index in [9.17, 15) is 23.7 Å². The van der Waals surface area contributed by atoms with Crippen LogP contribution < -0.4 is 4.90 Å². The summed E-state index contributed by atoms with van der Waals surface area (Å²) in [6.07, 6.45) is 0. The normalized spacial score (nSPS) is 15.3. The minimum atomic E-state index is -1.07. The van der Waals surface area contributed by atoms with Crippen molar-refractivity contribution >= 4 is 17.3 Å². The molecule has 0 unspecified atom stereocenters. The van der Waals surface area contributed by atoms with Crippen LogP contribution in [0.25, 0.3) is 0 Å². The van der Waals surface area contributed by atoms with Gasteiger partial charge in [0.25, 0.3) is 0 Å². The number of benzene rings is 1. The van der Waals surface area contributed by atoms with E-state index in [1.165, 1.54) is 6.92 Å². The molecule has 1 heterocycles. The van der Waals surface area contributed by atoms with Gasteiger partial charge in [-0.1, -0.05) is 0 Å². The lowest BCUT2D eigenvalue weighted by molar-refractivity contribution is -0.387. The van der Waals surface area contributed by atoms with Crippen LogP contribution >= 0.6 is 0 Å². The van der Waals surface area contributed by atoms with E-state index in [0.29, 0.717) is 32.2 Å². The molecule has 6 nitrogen and oxygen atoms in total. The van der Waals surface area contributed by atoms with Gasteiger partial charge >= 0.3 is 5.69 Å². The number of hydrogen-bond acceptors (Lipinski definition) is 4. The summed E-state index contributed by atoms with van der Waals surface area (Å²) in [6.45, 7) is 2.98. The van der Waals surface area contributed by atoms with Gasteiger partial charge in [0.15, 0.2) is 5.82 Å². The Balaban J connectivity index is 2.20. The van der Waals surface area contributed by atoms with Crippen LogP contribution in [0.3, 0.4) is 0 Å². The number of anilines is 1. The fourth-order valence-corrected chi connectivity index (χ4v) is 2.17. The van der Waals surface area contributed by atoms with Crippen LogP contribution in [0.2, 0.25) is 0 Å². The van der Waals surface area contributed by atoms with Crippen molar-refractivity contribution in [2.45, 2.75) is 6.92 Å². The predicted octanol–water partition coefficient (Wildman–Crippen LogP) is 1.54. The molecule has 1 aromatic rings. The number of carbonyl (C=O) groups excluding carboxylic acids is 1. The Hall–Kier alpha value is -2.25. The smallest absolute Gasteiger partial charge is 0.307 e. The monoisotopic (exact) mass is 285 g/mol. The first-order chi connectivity index (χ1) is 9.40. The van der Waals surface area contributed by atoms with Crippen LogP contribution in [0.4, 0.5) is 20.2 Å². The van der Waals surface area contributed by atoms with Crippen molar-refractivity contribution < 1.29 is 18.5 Å². The third kappa shape index (κ3) is 2.68. The van der Waals surface area contributed by atoms with Gasteiger partial charge in [-0.25, -0.2) is 4.39 Å². The first kappa shape index (κ1) is 14.2. The molecule has 108 valence electrons. The Bertz CT molecular complexity index is 557. The molecular formula is C12H13F2N3O3. The van der Waals surface area contributed by atoms with E-state index < -0.39 is 22.2 Å². The van der Waals surface area contributed by atoms with Crippen molar-refractivity contribution in [2.75, 3.05) is 31.1 Å². The first-order valence-electron chi connectivity index (χ1n) is 6.04. The molecule has 1 amide bonds. The van der Waals surface area contributed by atoms with Crippen LogP contribution in [0.5, 0.6) is 0 Å². The maximum absolute atomic E-state index is 13.8. The number of nitro benzene ring substituents is 1. The Morgan fingerprint density at radius 2 is 1.80 bits per heavy atom. The zero-order valence-electron chi connectivity index (χ0n) is 10.8. The Kier molecular flexibility index (Phi) is 3.82. The van der Waals surface area contributed by atoms with Gasteiger partial charge in [0, 0.05) is 39.2 Å². The molecule has 0 atom stereocenters. The van der Waals surface area contributed by atoms with E-state index in [4.69, 9.17) is 0 Å². The van der Waals surface area contributed by atoms with E-state index in [0.717, 1.165) is 6.07 Å².